The molecule has 0 aliphatic carbocycles. The molecule has 0 aliphatic heterocycles. The lowest BCUT2D eigenvalue weighted by Gasteiger charge is -2.34. The van der Waals surface area contributed by atoms with Gasteiger partial charge in [0.1, 0.15) is 0 Å². The number of esters is 1. The van der Waals surface area contributed by atoms with Crippen molar-refractivity contribution in [2.75, 3.05) is 18.1 Å². The molecular weight excluding hydrogens is 476 g/mol. The average molecular weight is 527 g/mol. The van der Waals surface area contributed by atoms with Crippen LogP contribution in [0.1, 0.15) is 101 Å². The molecule has 1 atom stereocenters. The Bertz CT molecular complexity index is 955. The quantitative estimate of drug-likeness (QED) is 0.188. The molecule has 4 heteroatoms. The first-order valence-electron chi connectivity index (χ1n) is 14.2. The van der Waals surface area contributed by atoms with E-state index in [0.29, 0.717) is 13.0 Å². The number of aryl methyl sites for hydroxylation is 3. The van der Waals surface area contributed by atoms with Gasteiger partial charge in [0.25, 0.3) is 0 Å². The van der Waals surface area contributed by atoms with Gasteiger partial charge in [0.2, 0.25) is 0 Å². The van der Waals surface area contributed by atoms with Crippen LogP contribution in [0.5, 0.6) is 0 Å². The highest BCUT2D eigenvalue weighted by Crippen LogP contribution is 2.40. The molecule has 1 N–H and O–H groups in total. The van der Waals surface area contributed by atoms with Crippen LogP contribution >= 0.6 is 11.8 Å². The lowest BCUT2D eigenvalue weighted by atomic mass is 9.70. The summed E-state index contributed by atoms with van der Waals surface area (Å²) < 4.78 is 5.00. The van der Waals surface area contributed by atoms with Crippen molar-refractivity contribution in [1.82, 2.24) is 0 Å². The maximum absolute atomic E-state index is 11.5. The Balaban J connectivity index is 2.03. The molecule has 0 saturated carbocycles. The number of hydrogen-bond donors (Lipinski definition) is 1. The Morgan fingerprint density at radius 1 is 0.946 bits per heavy atom. The summed E-state index contributed by atoms with van der Waals surface area (Å²) in [6.07, 6.45) is 5.97. The summed E-state index contributed by atoms with van der Waals surface area (Å²) in [4.78, 5) is 11.5. The van der Waals surface area contributed by atoms with E-state index in [1.807, 2.05) is 18.7 Å². The van der Waals surface area contributed by atoms with Crippen LogP contribution in [0.4, 0.5) is 0 Å². The summed E-state index contributed by atoms with van der Waals surface area (Å²) in [5, 5.41) is 10.4. The van der Waals surface area contributed by atoms with Crippen molar-refractivity contribution in [3.63, 3.8) is 0 Å². The third kappa shape index (κ3) is 9.18. The monoisotopic (exact) mass is 526 g/mol. The first kappa shape index (κ1) is 31.4. The molecular formula is C33H50O3S. The third-order valence-corrected chi connectivity index (χ3v) is 8.88. The zero-order valence-electron chi connectivity index (χ0n) is 24.4. The van der Waals surface area contributed by atoms with Crippen molar-refractivity contribution in [2.45, 2.75) is 105 Å². The van der Waals surface area contributed by atoms with Crippen LogP contribution in [0.3, 0.4) is 0 Å². The van der Waals surface area contributed by atoms with E-state index in [9.17, 15) is 9.90 Å². The molecule has 2 aromatic carbocycles. The van der Waals surface area contributed by atoms with Gasteiger partial charge in [0.15, 0.2) is 0 Å². The van der Waals surface area contributed by atoms with Crippen molar-refractivity contribution in [1.29, 1.82) is 0 Å². The number of thioether (sulfide) groups is 1. The molecule has 2 rings (SSSR count). The maximum atomic E-state index is 11.5. The number of benzene rings is 2. The van der Waals surface area contributed by atoms with Crippen LogP contribution < -0.4 is 0 Å². The number of carbonyl (C=O) groups is 1. The fourth-order valence-electron chi connectivity index (χ4n) is 5.07. The van der Waals surface area contributed by atoms with E-state index in [0.717, 1.165) is 50.0 Å². The molecule has 3 nitrogen and oxygen atoms in total. The Morgan fingerprint density at radius 3 is 2.16 bits per heavy atom. The molecule has 0 aliphatic rings. The summed E-state index contributed by atoms with van der Waals surface area (Å²) >= 11 is 1.92. The lowest BCUT2D eigenvalue weighted by molar-refractivity contribution is -0.143. The fraction of sp³-hybridized carbons (Fsp3) is 0.606. The fourth-order valence-corrected chi connectivity index (χ4v) is 5.99. The van der Waals surface area contributed by atoms with Crippen LogP contribution in [0, 0.1) is 12.3 Å². The normalized spacial score (nSPS) is 13.0. The van der Waals surface area contributed by atoms with E-state index in [-0.39, 0.29) is 22.9 Å². The minimum Gasteiger partial charge on any atom is -0.466 e. The average Bonchev–Trinajstić information content (AvgIpc) is 2.87. The number of rotatable bonds is 15. The highest BCUT2D eigenvalue weighted by Gasteiger charge is 2.31. The van der Waals surface area contributed by atoms with Crippen LogP contribution in [0.2, 0.25) is 0 Å². The van der Waals surface area contributed by atoms with Gasteiger partial charge in [-0.1, -0.05) is 77.1 Å². The van der Waals surface area contributed by atoms with E-state index in [4.69, 9.17) is 4.74 Å². The maximum Gasteiger partial charge on any atom is 0.305 e. The molecule has 1 unspecified atom stereocenters. The van der Waals surface area contributed by atoms with E-state index in [1.165, 1.54) is 27.8 Å². The van der Waals surface area contributed by atoms with Crippen molar-refractivity contribution in [3.8, 4) is 0 Å². The van der Waals surface area contributed by atoms with Crippen molar-refractivity contribution < 1.29 is 14.6 Å². The van der Waals surface area contributed by atoms with Crippen molar-refractivity contribution in [3.05, 3.63) is 70.3 Å². The SMILES string of the molecule is CCOC(=O)CCCSCCc1ccc(C(CC)(CC)c2ccc(CCC(O)C(C)(C)C)cc2)cc1C. The Labute approximate surface area is 230 Å². The zero-order chi connectivity index (χ0) is 27.5. The highest BCUT2D eigenvalue weighted by atomic mass is 32.2. The second-order valence-corrected chi connectivity index (χ2v) is 12.5. The van der Waals surface area contributed by atoms with Crippen molar-refractivity contribution >= 4 is 17.7 Å². The molecule has 206 valence electrons. The summed E-state index contributed by atoms with van der Waals surface area (Å²) in [6, 6.07) is 16.2. The van der Waals surface area contributed by atoms with Gasteiger partial charge in [-0.2, -0.15) is 11.8 Å². The standard InChI is InChI=1S/C33H50O3S/c1-8-33(9-2,28-17-13-26(14-18-28)15-20-30(34)32(5,6)7)29-19-16-27(25(4)24-29)21-23-37-22-11-12-31(35)36-10-3/h13-14,16-19,24,30,34H,8-12,15,20-23H2,1-7H3. The molecule has 37 heavy (non-hydrogen) atoms. The predicted octanol–water partition coefficient (Wildman–Crippen LogP) is 8.06. The second-order valence-electron chi connectivity index (χ2n) is 11.3. The predicted molar refractivity (Wildman–Crippen MR) is 160 cm³/mol. The summed E-state index contributed by atoms with van der Waals surface area (Å²) in [7, 11) is 0. The smallest absolute Gasteiger partial charge is 0.305 e. The number of aliphatic hydroxyl groups is 1. The lowest BCUT2D eigenvalue weighted by Crippen LogP contribution is -2.27. The van der Waals surface area contributed by atoms with Gasteiger partial charge in [-0.3, -0.25) is 4.79 Å². The van der Waals surface area contributed by atoms with Gasteiger partial charge in [0, 0.05) is 11.8 Å². The molecule has 0 bridgehead atoms. The summed E-state index contributed by atoms with van der Waals surface area (Å²) in [5.74, 6) is 1.98. The molecule has 0 aromatic heterocycles. The first-order valence-corrected chi connectivity index (χ1v) is 15.3. The summed E-state index contributed by atoms with van der Waals surface area (Å²) in [6.45, 7) is 15.4. The van der Waals surface area contributed by atoms with Gasteiger partial charge in [0.05, 0.1) is 12.7 Å². The minimum atomic E-state index is -0.290. The Kier molecular flexibility index (Phi) is 12.7. The van der Waals surface area contributed by atoms with Crippen LogP contribution in [-0.2, 0) is 27.8 Å². The molecule has 0 saturated heterocycles. The molecule has 0 amide bonds. The largest absolute Gasteiger partial charge is 0.466 e. The topological polar surface area (TPSA) is 46.5 Å². The molecule has 0 heterocycles. The van der Waals surface area contributed by atoms with E-state index < -0.39 is 0 Å². The van der Waals surface area contributed by atoms with Gasteiger partial charge in [-0.25, -0.2) is 0 Å². The van der Waals surface area contributed by atoms with Crippen LogP contribution in [0.15, 0.2) is 42.5 Å². The van der Waals surface area contributed by atoms with E-state index in [1.54, 1.807) is 0 Å². The van der Waals surface area contributed by atoms with Gasteiger partial charge >= 0.3 is 5.97 Å². The zero-order valence-corrected chi connectivity index (χ0v) is 25.2. The number of ether oxygens (including phenoxy) is 1. The number of aliphatic hydroxyl groups excluding tert-OH is 1. The molecule has 0 fully saturated rings. The third-order valence-electron chi connectivity index (χ3n) is 7.81. The Hall–Kier alpha value is -1.78. The second kappa shape index (κ2) is 15.0. The minimum absolute atomic E-state index is 0.00852. The van der Waals surface area contributed by atoms with Crippen LogP contribution in [-0.4, -0.2) is 35.3 Å². The van der Waals surface area contributed by atoms with Crippen molar-refractivity contribution in [2.24, 2.45) is 5.41 Å². The van der Waals surface area contributed by atoms with E-state index >= 15 is 0 Å². The molecule has 0 radical (unpaired) electrons. The molecule has 0 spiro atoms. The van der Waals surface area contributed by atoms with Crippen LogP contribution in [0.25, 0.3) is 0 Å². The van der Waals surface area contributed by atoms with Gasteiger partial charge < -0.3 is 9.84 Å². The number of carbonyl (C=O) groups excluding carboxylic acids is 1. The highest BCUT2D eigenvalue weighted by molar-refractivity contribution is 7.99. The molecule has 2 aromatic rings. The van der Waals surface area contributed by atoms with Gasteiger partial charge in [-0.15, -0.1) is 0 Å². The van der Waals surface area contributed by atoms with Gasteiger partial charge in [-0.05, 0) is 97.1 Å². The number of hydrogen-bond acceptors (Lipinski definition) is 4. The summed E-state index contributed by atoms with van der Waals surface area (Å²) in [5.41, 5.74) is 6.78. The van der Waals surface area contributed by atoms with E-state index in [2.05, 4.69) is 84.0 Å². The first-order chi connectivity index (χ1) is 17.6. The Morgan fingerprint density at radius 2 is 1.59 bits per heavy atom.